The molecule has 0 bridgehead atoms. The van der Waals surface area contributed by atoms with Gasteiger partial charge in [0, 0.05) is 36.6 Å². The average molecular weight is 407 g/mol. The summed E-state index contributed by atoms with van der Waals surface area (Å²) in [4.78, 5) is 26.1. The summed E-state index contributed by atoms with van der Waals surface area (Å²) in [7, 11) is 0. The highest BCUT2D eigenvalue weighted by Gasteiger charge is 2.26. The highest BCUT2D eigenvalue weighted by molar-refractivity contribution is 6.30. The van der Waals surface area contributed by atoms with Crippen LogP contribution < -0.4 is 5.32 Å². The summed E-state index contributed by atoms with van der Waals surface area (Å²) < 4.78 is 26.8. The first kappa shape index (κ1) is 20.3. The number of benzene rings is 2. The zero-order valence-electron chi connectivity index (χ0n) is 15.3. The van der Waals surface area contributed by atoms with Crippen molar-refractivity contribution in [2.75, 3.05) is 13.1 Å². The molecular weight excluding hydrogens is 386 g/mol. The third-order valence-electron chi connectivity index (χ3n) is 4.86. The highest BCUT2D eigenvalue weighted by atomic mass is 35.5. The molecule has 2 amide bonds. The van der Waals surface area contributed by atoms with Crippen LogP contribution in [0.5, 0.6) is 0 Å². The third-order valence-corrected chi connectivity index (χ3v) is 5.11. The van der Waals surface area contributed by atoms with E-state index in [9.17, 15) is 18.4 Å². The number of aryl methyl sites for hydroxylation is 1. The molecule has 0 unspecified atom stereocenters. The zero-order valence-corrected chi connectivity index (χ0v) is 16.0. The molecule has 2 aromatic rings. The van der Waals surface area contributed by atoms with E-state index in [1.165, 1.54) is 4.90 Å². The molecule has 1 aliphatic heterocycles. The maximum atomic E-state index is 13.8. The molecule has 28 heavy (non-hydrogen) atoms. The van der Waals surface area contributed by atoms with E-state index >= 15 is 0 Å². The number of hydrogen-bond donors (Lipinski definition) is 1. The van der Waals surface area contributed by atoms with Crippen molar-refractivity contribution >= 4 is 23.4 Å². The normalized spacial score (nSPS) is 14.8. The van der Waals surface area contributed by atoms with Gasteiger partial charge in [-0.15, -0.1) is 0 Å². The number of carbonyl (C=O) groups is 2. The fraction of sp³-hybridized carbons (Fsp3) is 0.333. The Bertz CT molecular complexity index is 850. The maximum Gasteiger partial charge on any atom is 0.256 e. The van der Waals surface area contributed by atoms with Crippen molar-refractivity contribution in [3.05, 3.63) is 70.2 Å². The van der Waals surface area contributed by atoms with Gasteiger partial charge in [0.2, 0.25) is 5.91 Å². The quantitative estimate of drug-likeness (QED) is 0.816. The summed E-state index contributed by atoms with van der Waals surface area (Å²) in [5, 5.41) is 3.65. The van der Waals surface area contributed by atoms with Gasteiger partial charge < -0.3 is 10.2 Å². The first-order valence-corrected chi connectivity index (χ1v) is 9.58. The second-order valence-corrected chi connectivity index (χ2v) is 7.32. The van der Waals surface area contributed by atoms with E-state index in [1.807, 2.05) is 12.1 Å². The molecule has 1 N–H and O–H groups in total. The van der Waals surface area contributed by atoms with Crippen molar-refractivity contribution in [2.24, 2.45) is 0 Å². The number of piperidine rings is 1. The van der Waals surface area contributed by atoms with Crippen LogP contribution in [-0.4, -0.2) is 35.8 Å². The van der Waals surface area contributed by atoms with E-state index < -0.39 is 17.5 Å². The topological polar surface area (TPSA) is 49.4 Å². The van der Waals surface area contributed by atoms with Crippen LogP contribution in [0.15, 0.2) is 42.5 Å². The van der Waals surface area contributed by atoms with Crippen LogP contribution in [0, 0.1) is 11.6 Å². The Hall–Kier alpha value is -2.47. The fourth-order valence-electron chi connectivity index (χ4n) is 3.27. The van der Waals surface area contributed by atoms with Crippen molar-refractivity contribution in [1.82, 2.24) is 10.2 Å². The second-order valence-electron chi connectivity index (χ2n) is 6.88. The first-order chi connectivity index (χ1) is 13.4. The Morgan fingerprint density at radius 1 is 1.07 bits per heavy atom. The molecule has 0 radical (unpaired) electrons. The molecule has 1 saturated heterocycles. The Kier molecular flexibility index (Phi) is 6.62. The van der Waals surface area contributed by atoms with Crippen LogP contribution in [0.1, 0.15) is 35.2 Å². The lowest BCUT2D eigenvalue weighted by atomic mass is 10.0. The third kappa shape index (κ3) is 5.29. The van der Waals surface area contributed by atoms with Gasteiger partial charge in [-0.25, -0.2) is 8.78 Å². The van der Waals surface area contributed by atoms with Gasteiger partial charge in [0.15, 0.2) is 0 Å². The Morgan fingerprint density at radius 2 is 1.75 bits per heavy atom. The Labute approximate surface area is 167 Å². The van der Waals surface area contributed by atoms with E-state index in [1.54, 1.807) is 12.1 Å². The molecule has 7 heteroatoms. The van der Waals surface area contributed by atoms with Crippen molar-refractivity contribution in [1.29, 1.82) is 0 Å². The summed E-state index contributed by atoms with van der Waals surface area (Å²) in [5.74, 6) is -2.06. The maximum absolute atomic E-state index is 13.8. The van der Waals surface area contributed by atoms with Crippen molar-refractivity contribution in [3.8, 4) is 0 Å². The molecule has 0 spiro atoms. The Balaban J connectivity index is 1.45. The van der Waals surface area contributed by atoms with E-state index in [2.05, 4.69) is 5.32 Å². The van der Waals surface area contributed by atoms with Crippen molar-refractivity contribution in [2.45, 2.75) is 31.7 Å². The minimum Gasteiger partial charge on any atom is -0.353 e. The molecule has 0 saturated carbocycles. The largest absolute Gasteiger partial charge is 0.353 e. The van der Waals surface area contributed by atoms with Gasteiger partial charge in [0.1, 0.15) is 11.6 Å². The van der Waals surface area contributed by atoms with Gasteiger partial charge in [0.25, 0.3) is 5.91 Å². The molecule has 148 valence electrons. The first-order valence-electron chi connectivity index (χ1n) is 9.20. The number of nitrogens with zero attached hydrogens (tertiary/aromatic N) is 1. The van der Waals surface area contributed by atoms with Crippen molar-refractivity contribution < 1.29 is 18.4 Å². The van der Waals surface area contributed by atoms with Crippen molar-refractivity contribution in [3.63, 3.8) is 0 Å². The Morgan fingerprint density at radius 3 is 2.39 bits per heavy atom. The van der Waals surface area contributed by atoms with Crippen LogP contribution in [0.2, 0.25) is 5.02 Å². The number of amides is 2. The summed E-state index contributed by atoms with van der Waals surface area (Å²) in [5.41, 5.74) is 0.910. The van der Waals surface area contributed by atoms with Crippen LogP contribution in [0.25, 0.3) is 0 Å². The number of nitrogens with one attached hydrogen (secondary N) is 1. The van der Waals surface area contributed by atoms with Gasteiger partial charge >= 0.3 is 0 Å². The van der Waals surface area contributed by atoms with Gasteiger partial charge in [-0.05, 0) is 49.1 Å². The van der Waals surface area contributed by atoms with E-state index in [4.69, 9.17) is 11.6 Å². The molecule has 1 fully saturated rings. The number of hydrogen-bond acceptors (Lipinski definition) is 2. The molecular formula is C21H21ClF2N2O2. The summed E-state index contributed by atoms with van der Waals surface area (Å²) >= 11 is 5.85. The predicted molar refractivity (Wildman–Crippen MR) is 103 cm³/mol. The van der Waals surface area contributed by atoms with Gasteiger partial charge in [-0.2, -0.15) is 0 Å². The SMILES string of the molecule is O=C(CCc1ccc(Cl)cc1)NC1CCN(C(=O)c2ccc(F)cc2F)CC1. The standard InChI is InChI=1S/C21H21ClF2N2O2/c22-15-4-1-14(2-5-15)3-8-20(27)25-17-9-11-26(12-10-17)21(28)18-7-6-16(23)13-19(18)24/h1-2,4-7,13,17H,3,8-12H2,(H,25,27). The van der Waals surface area contributed by atoms with Crippen LogP contribution in [0.4, 0.5) is 8.78 Å². The number of rotatable bonds is 5. The van der Waals surface area contributed by atoms with Crippen LogP contribution >= 0.6 is 11.6 Å². The highest BCUT2D eigenvalue weighted by Crippen LogP contribution is 2.17. The van der Waals surface area contributed by atoms with Gasteiger partial charge in [0.05, 0.1) is 5.56 Å². The van der Waals surface area contributed by atoms with Crippen LogP contribution in [-0.2, 0) is 11.2 Å². The molecule has 1 aliphatic rings. The number of carbonyl (C=O) groups excluding carboxylic acids is 2. The van der Waals surface area contributed by atoms with E-state index in [0.717, 1.165) is 17.7 Å². The van der Waals surface area contributed by atoms with Crippen LogP contribution in [0.3, 0.4) is 0 Å². The average Bonchev–Trinajstić information content (AvgIpc) is 2.68. The summed E-state index contributed by atoms with van der Waals surface area (Å²) in [6.07, 6.45) is 2.20. The lowest BCUT2D eigenvalue weighted by Crippen LogP contribution is -2.46. The summed E-state index contributed by atoms with van der Waals surface area (Å²) in [6, 6.07) is 10.3. The minimum absolute atomic E-state index is 0.0140. The number of halogens is 3. The molecule has 0 atom stereocenters. The van der Waals surface area contributed by atoms with Gasteiger partial charge in [-0.1, -0.05) is 23.7 Å². The second kappa shape index (κ2) is 9.15. The monoisotopic (exact) mass is 406 g/mol. The fourth-order valence-corrected chi connectivity index (χ4v) is 3.39. The molecule has 0 aliphatic carbocycles. The summed E-state index contributed by atoms with van der Waals surface area (Å²) in [6.45, 7) is 0.829. The number of likely N-dealkylation sites (tertiary alicyclic amines) is 1. The lowest BCUT2D eigenvalue weighted by molar-refractivity contribution is -0.122. The molecule has 3 rings (SSSR count). The molecule has 0 aromatic heterocycles. The van der Waals surface area contributed by atoms with E-state index in [0.29, 0.717) is 49.9 Å². The van der Waals surface area contributed by atoms with E-state index in [-0.39, 0.29) is 17.5 Å². The lowest BCUT2D eigenvalue weighted by Gasteiger charge is -2.32. The molecule has 1 heterocycles. The predicted octanol–water partition coefficient (Wildman–Crippen LogP) is 3.97. The smallest absolute Gasteiger partial charge is 0.256 e. The minimum atomic E-state index is -0.859. The van der Waals surface area contributed by atoms with Gasteiger partial charge in [-0.3, -0.25) is 9.59 Å². The molecule has 2 aromatic carbocycles. The zero-order chi connectivity index (χ0) is 20.1. The molecule has 4 nitrogen and oxygen atoms in total.